The molecule has 19 heavy (non-hydrogen) atoms. The summed E-state index contributed by atoms with van der Waals surface area (Å²) in [6, 6.07) is 18.3. The van der Waals surface area contributed by atoms with Crippen LogP contribution in [0, 0.1) is 0 Å². The molecule has 0 fully saturated rings. The fourth-order valence-electron chi connectivity index (χ4n) is 3.24. The van der Waals surface area contributed by atoms with Crippen molar-refractivity contribution >= 4 is 21.8 Å². The smallest absolute Gasteiger partial charge is 0.0569 e. The quantitative estimate of drug-likeness (QED) is 0.635. The van der Waals surface area contributed by atoms with E-state index >= 15 is 0 Å². The maximum absolute atomic E-state index is 2.46. The van der Waals surface area contributed by atoms with E-state index in [1.165, 1.54) is 0 Å². The Labute approximate surface area is 120 Å². The highest BCUT2D eigenvalue weighted by Gasteiger charge is 2.68. The Balaban J connectivity index is 2.09. The molecule has 2 bridgehead atoms. The summed E-state index contributed by atoms with van der Waals surface area (Å²) in [5, 5.41) is 0.737. The zero-order valence-electron chi connectivity index (χ0n) is 11.5. The van der Waals surface area contributed by atoms with Gasteiger partial charge < -0.3 is 0 Å². The fraction of sp³-hybridized carbons (Fsp3) is 0.294. The van der Waals surface area contributed by atoms with E-state index in [2.05, 4.69) is 69.3 Å². The topological polar surface area (TPSA) is 0 Å². The van der Waals surface area contributed by atoms with Crippen molar-refractivity contribution in [2.24, 2.45) is 0 Å². The van der Waals surface area contributed by atoms with Gasteiger partial charge in [0.1, 0.15) is 0 Å². The lowest BCUT2D eigenvalue weighted by molar-refractivity contribution is 0.661. The van der Waals surface area contributed by atoms with E-state index in [1.807, 2.05) is 0 Å². The van der Waals surface area contributed by atoms with Crippen LogP contribution in [-0.2, 0) is 21.8 Å². The molecule has 0 saturated carbocycles. The summed E-state index contributed by atoms with van der Waals surface area (Å²) >= 11 is 0. The second-order valence-electron chi connectivity index (χ2n) is 5.78. The molecule has 0 aliphatic carbocycles. The van der Waals surface area contributed by atoms with Crippen molar-refractivity contribution in [3.63, 3.8) is 0 Å². The maximum Gasteiger partial charge on any atom is 0.216 e. The Morgan fingerprint density at radius 1 is 0.789 bits per heavy atom. The van der Waals surface area contributed by atoms with Crippen LogP contribution in [0.2, 0.25) is 0 Å². The lowest BCUT2D eigenvalue weighted by atomic mass is 10.1. The average molecular weight is 286 g/mol. The SMILES string of the molecule is CC1[S+]2c3ccccc3[S+](c3ccccc32)C1(C)C. The van der Waals surface area contributed by atoms with Crippen LogP contribution in [0.1, 0.15) is 20.8 Å². The Hall–Kier alpha value is -0.860. The van der Waals surface area contributed by atoms with E-state index < -0.39 is 0 Å². The van der Waals surface area contributed by atoms with Gasteiger partial charge in [-0.3, -0.25) is 0 Å². The van der Waals surface area contributed by atoms with Crippen LogP contribution in [-0.4, -0.2) is 10.00 Å². The van der Waals surface area contributed by atoms with Crippen molar-refractivity contribution in [1.29, 1.82) is 0 Å². The summed E-state index contributed by atoms with van der Waals surface area (Å²) in [7, 11) is 0.488. The first kappa shape index (κ1) is 11.9. The molecule has 3 heterocycles. The first-order chi connectivity index (χ1) is 9.12. The van der Waals surface area contributed by atoms with E-state index in [0.29, 0.717) is 4.75 Å². The summed E-state index contributed by atoms with van der Waals surface area (Å²) in [6.07, 6.45) is 0. The first-order valence-corrected chi connectivity index (χ1v) is 9.29. The molecular formula is C17H18S2+2. The van der Waals surface area contributed by atoms with Gasteiger partial charge in [0.25, 0.3) is 0 Å². The summed E-state index contributed by atoms with van der Waals surface area (Å²) < 4.78 is 0.381. The van der Waals surface area contributed by atoms with Gasteiger partial charge in [-0.1, -0.05) is 24.3 Å². The van der Waals surface area contributed by atoms with E-state index in [4.69, 9.17) is 0 Å². The standard InChI is InChI=1S/C17H18S2/c1-12-17(2,3)19-15-10-6-4-8-13(15)18(12)14-9-5-7-11-16(14)19/h4-12H,1-3H3/q+2. The lowest BCUT2D eigenvalue weighted by Gasteiger charge is -2.39. The minimum Gasteiger partial charge on any atom is -0.0569 e. The summed E-state index contributed by atoms with van der Waals surface area (Å²) in [5.74, 6) is 0. The number of hydrogen-bond acceptors (Lipinski definition) is 0. The van der Waals surface area contributed by atoms with Crippen LogP contribution >= 0.6 is 0 Å². The molecule has 3 aliphatic heterocycles. The van der Waals surface area contributed by atoms with Gasteiger partial charge in [0.2, 0.25) is 19.6 Å². The molecular weight excluding hydrogens is 268 g/mol. The van der Waals surface area contributed by atoms with Crippen molar-refractivity contribution in [2.75, 3.05) is 0 Å². The number of benzene rings is 2. The average Bonchev–Trinajstić information content (AvgIpc) is 2.42. The molecule has 0 radical (unpaired) electrons. The Morgan fingerprint density at radius 3 is 1.68 bits per heavy atom. The Bertz CT molecular complexity index is 612. The molecule has 0 saturated heterocycles. The zero-order valence-corrected chi connectivity index (χ0v) is 13.1. The first-order valence-electron chi connectivity index (χ1n) is 6.78. The molecule has 2 aromatic carbocycles. The molecule has 2 heteroatoms. The summed E-state index contributed by atoms with van der Waals surface area (Å²) in [6.45, 7) is 7.38. The number of rotatable bonds is 0. The third-order valence-electron chi connectivity index (χ3n) is 4.47. The highest BCUT2D eigenvalue weighted by atomic mass is 32.2. The second kappa shape index (κ2) is 3.83. The van der Waals surface area contributed by atoms with Crippen molar-refractivity contribution < 1.29 is 0 Å². The fourth-order valence-corrected chi connectivity index (χ4v) is 10.1. The monoisotopic (exact) mass is 286 g/mol. The Kier molecular flexibility index (Phi) is 2.40. The molecule has 0 nitrogen and oxygen atoms in total. The molecule has 0 spiro atoms. The van der Waals surface area contributed by atoms with Gasteiger partial charge in [0.15, 0.2) is 10.00 Å². The van der Waals surface area contributed by atoms with Gasteiger partial charge >= 0.3 is 0 Å². The lowest BCUT2D eigenvalue weighted by Crippen LogP contribution is -2.54. The summed E-state index contributed by atoms with van der Waals surface area (Å²) in [4.78, 5) is 6.42. The highest BCUT2D eigenvalue weighted by Crippen LogP contribution is 2.56. The van der Waals surface area contributed by atoms with E-state index in [-0.39, 0.29) is 21.8 Å². The largest absolute Gasteiger partial charge is 0.216 e. The van der Waals surface area contributed by atoms with Gasteiger partial charge in [0, 0.05) is 0 Å². The normalized spacial score (nSPS) is 29.7. The van der Waals surface area contributed by atoms with Gasteiger partial charge in [-0.2, -0.15) is 0 Å². The van der Waals surface area contributed by atoms with Crippen molar-refractivity contribution in [3.05, 3.63) is 48.5 Å². The molecule has 96 valence electrons. The van der Waals surface area contributed by atoms with Crippen LogP contribution in [0.3, 0.4) is 0 Å². The van der Waals surface area contributed by atoms with E-state index in [9.17, 15) is 0 Å². The minimum atomic E-state index is 0.231. The van der Waals surface area contributed by atoms with Crippen LogP contribution in [0.5, 0.6) is 0 Å². The highest BCUT2D eigenvalue weighted by molar-refractivity contribution is 8.07. The van der Waals surface area contributed by atoms with Gasteiger partial charge in [-0.25, -0.2) is 0 Å². The minimum absolute atomic E-state index is 0.231. The molecule has 1 atom stereocenters. The number of fused-ring (bicyclic) bond motifs is 1. The van der Waals surface area contributed by atoms with Crippen LogP contribution in [0.15, 0.2) is 68.1 Å². The summed E-state index contributed by atoms with van der Waals surface area (Å²) in [5.41, 5.74) is 0. The van der Waals surface area contributed by atoms with Gasteiger partial charge in [-0.05, 0) is 45.0 Å². The van der Waals surface area contributed by atoms with Crippen LogP contribution < -0.4 is 0 Å². The van der Waals surface area contributed by atoms with Crippen LogP contribution in [0.25, 0.3) is 0 Å². The molecule has 0 amide bonds. The molecule has 5 rings (SSSR count). The van der Waals surface area contributed by atoms with Crippen molar-refractivity contribution in [2.45, 2.75) is 50.4 Å². The van der Waals surface area contributed by atoms with E-state index in [1.54, 1.807) is 19.6 Å². The molecule has 0 aromatic heterocycles. The van der Waals surface area contributed by atoms with Crippen molar-refractivity contribution in [1.82, 2.24) is 0 Å². The predicted molar refractivity (Wildman–Crippen MR) is 84.2 cm³/mol. The van der Waals surface area contributed by atoms with Crippen LogP contribution in [0.4, 0.5) is 0 Å². The molecule has 1 unspecified atom stereocenters. The van der Waals surface area contributed by atoms with Gasteiger partial charge in [0.05, 0.1) is 21.8 Å². The molecule has 3 aliphatic rings. The number of hydrogen-bond donors (Lipinski definition) is 0. The zero-order chi connectivity index (χ0) is 13.2. The third kappa shape index (κ3) is 1.39. The second-order valence-corrected chi connectivity index (χ2v) is 10.6. The predicted octanol–water partition coefficient (Wildman–Crippen LogP) is 4.25. The molecule has 0 N–H and O–H groups in total. The third-order valence-corrected chi connectivity index (χ3v) is 10.8. The maximum atomic E-state index is 2.46. The van der Waals surface area contributed by atoms with E-state index in [0.717, 1.165) is 5.25 Å². The Morgan fingerprint density at radius 2 is 1.21 bits per heavy atom. The van der Waals surface area contributed by atoms with Crippen molar-refractivity contribution in [3.8, 4) is 0 Å². The van der Waals surface area contributed by atoms with Gasteiger partial charge in [-0.15, -0.1) is 0 Å². The molecule has 2 aromatic rings.